The van der Waals surface area contributed by atoms with Crippen LogP contribution in [0.3, 0.4) is 0 Å². The summed E-state index contributed by atoms with van der Waals surface area (Å²) in [5.41, 5.74) is 0.390. The fraction of sp³-hybridized carbons (Fsp3) is 0.333. The van der Waals surface area contributed by atoms with Crippen LogP contribution < -0.4 is 4.74 Å². The molecule has 0 bridgehead atoms. The minimum absolute atomic E-state index is 0.133. The quantitative estimate of drug-likeness (QED) is 0.845. The van der Waals surface area contributed by atoms with E-state index in [9.17, 15) is 8.42 Å². The largest absolute Gasteiger partial charge is 0.473 e. The SMILES string of the molecule is N#Cc1cccnc1OC1CCN(S(=O)(=O)c2cccs2)CC1. The number of sulfonamides is 1. The van der Waals surface area contributed by atoms with E-state index in [0.29, 0.717) is 41.6 Å². The second-order valence-corrected chi connectivity index (χ2v) is 8.23. The summed E-state index contributed by atoms with van der Waals surface area (Å²) in [6.07, 6.45) is 2.59. The Labute approximate surface area is 139 Å². The molecule has 0 aliphatic carbocycles. The lowest BCUT2D eigenvalue weighted by Gasteiger charge is -2.30. The van der Waals surface area contributed by atoms with Gasteiger partial charge in [-0.1, -0.05) is 6.07 Å². The van der Waals surface area contributed by atoms with Crippen LogP contribution in [0.1, 0.15) is 18.4 Å². The van der Waals surface area contributed by atoms with Gasteiger partial charge < -0.3 is 4.74 Å². The molecule has 0 spiro atoms. The number of nitriles is 1. The summed E-state index contributed by atoms with van der Waals surface area (Å²) < 4.78 is 32.5. The summed E-state index contributed by atoms with van der Waals surface area (Å²) in [5, 5.41) is 10.8. The highest BCUT2D eigenvalue weighted by Crippen LogP contribution is 2.26. The summed E-state index contributed by atoms with van der Waals surface area (Å²) >= 11 is 1.22. The number of piperidine rings is 1. The topological polar surface area (TPSA) is 83.3 Å². The maximum Gasteiger partial charge on any atom is 0.252 e. The van der Waals surface area contributed by atoms with Gasteiger partial charge in [0.25, 0.3) is 10.0 Å². The molecule has 6 nitrogen and oxygen atoms in total. The predicted molar refractivity (Wildman–Crippen MR) is 85.7 cm³/mol. The van der Waals surface area contributed by atoms with E-state index in [1.165, 1.54) is 15.6 Å². The van der Waals surface area contributed by atoms with Crippen molar-refractivity contribution in [3.05, 3.63) is 41.4 Å². The van der Waals surface area contributed by atoms with Gasteiger partial charge in [0.2, 0.25) is 5.88 Å². The number of ether oxygens (including phenoxy) is 1. The van der Waals surface area contributed by atoms with E-state index in [-0.39, 0.29) is 6.10 Å². The molecular weight excluding hydrogens is 334 g/mol. The molecule has 0 unspecified atom stereocenters. The number of aromatic nitrogens is 1. The zero-order chi connectivity index (χ0) is 16.3. The van der Waals surface area contributed by atoms with Gasteiger partial charge in [-0.25, -0.2) is 13.4 Å². The van der Waals surface area contributed by atoms with Gasteiger partial charge in [-0.05, 0) is 36.4 Å². The molecule has 3 heterocycles. The Bertz CT molecular complexity index is 805. The van der Waals surface area contributed by atoms with Crippen LogP contribution in [0.25, 0.3) is 0 Å². The van der Waals surface area contributed by atoms with Gasteiger partial charge >= 0.3 is 0 Å². The van der Waals surface area contributed by atoms with E-state index in [1.807, 2.05) is 6.07 Å². The summed E-state index contributed by atoms with van der Waals surface area (Å²) in [6, 6.07) is 8.73. The van der Waals surface area contributed by atoms with Gasteiger partial charge in [0.1, 0.15) is 21.9 Å². The maximum absolute atomic E-state index is 12.5. The number of hydrogen-bond donors (Lipinski definition) is 0. The number of hydrogen-bond acceptors (Lipinski definition) is 6. The first-order valence-corrected chi connectivity index (χ1v) is 9.48. The minimum atomic E-state index is -3.40. The van der Waals surface area contributed by atoms with Gasteiger partial charge in [0.15, 0.2) is 0 Å². The van der Waals surface area contributed by atoms with E-state index >= 15 is 0 Å². The number of nitrogens with zero attached hydrogens (tertiary/aromatic N) is 3. The number of rotatable bonds is 4. The first-order valence-electron chi connectivity index (χ1n) is 7.16. The molecule has 1 saturated heterocycles. The van der Waals surface area contributed by atoms with Gasteiger partial charge in [-0.3, -0.25) is 0 Å². The standard InChI is InChI=1S/C15H15N3O3S2/c16-11-12-3-1-7-17-15(12)21-13-5-8-18(9-6-13)23(19,20)14-4-2-10-22-14/h1-4,7,10,13H,5-6,8-9H2. The molecule has 2 aromatic heterocycles. The normalized spacial score (nSPS) is 16.8. The molecule has 1 aliphatic heterocycles. The van der Waals surface area contributed by atoms with Gasteiger partial charge in [0, 0.05) is 19.3 Å². The smallest absolute Gasteiger partial charge is 0.252 e. The Kier molecular flexibility index (Phi) is 4.61. The van der Waals surface area contributed by atoms with Crippen molar-refractivity contribution in [3.63, 3.8) is 0 Å². The highest BCUT2D eigenvalue weighted by Gasteiger charge is 2.31. The zero-order valence-electron chi connectivity index (χ0n) is 12.3. The first-order chi connectivity index (χ1) is 11.1. The Morgan fingerprint density at radius 3 is 2.74 bits per heavy atom. The molecule has 8 heteroatoms. The van der Waals surface area contributed by atoms with Gasteiger partial charge in [-0.2, -0.15) is 9.57 Å². The maximum atomic E-state index is 12.5. The number of thiophene rings is 1. The van der Waals surface area contributed by atoms with Crippen molar-refractivity contribution in [2.24, 2.45) is 0 Å². The van der Waals surface area contributed by atoms with Crippen molar-refractivity contribution in [1.29, 1.82) is 5.26 Å². The van der Waals surface area contributed by atoms with Crippen molar-refractivity contribution in [2.75, 3.05) is 13.1 Å². The van der Waals surface area contributed by atoms with Crippen LogP contribution in [0.4, 0.5) is 0 Å². The van der Waals surface area contributed by atoms with Crippen molar-refractivity contribution >= 4 is 21.4 Å². The Balaban J connectivity index is 1.64. The highest BCUT2D eigenvalue weighted by atomic mass is 32.2. The molecule has 0 N–H and O–H groups in total. The molecule has 0 aromatic carbocycles. The van der Waals surface area contributed by atoms with E-state index < -0.39 is 10.0 Å². The van der Waals surface area contributed by atoms with E-state index in [1.54, 1.807) is 35.8 Å². The van der Waals surface area contributed by atoms with Crippen LogP contribution in [-0.2, 0) is 10.0 Å². The van der Waals surface area contributed by atoms with Crippen LogP contribution in [0.15, 0.2) is 40.1 Å². The molecule has 0 amide bonds. The number of pyridine rings is 1. The average molecular weight is 349 g/mol. The third-order valence-electron chi connectivity index (χ3n) is 3.66. The third-order valence-corrected chi connectivity index (χ3v) is 6.93. The minimum Gasteiger partial charge on any atom is -0.473 e. The summed E-state index contributed by atoms with van der Waals surface area (Å²) in [7, 11) is -3.40. The Hall–Kier alpha value is -1.95. The monoisotopic (exact) mass is 349 g/mol. The van der Waals surface area contributed by atoms with Crippen LogP contribution >= 0.6 is 11.3 Å². The fourth-order valence-electron chi connectivity index (χ4n) is 2.46. The van der Waals surface area contributed by atoms with Gasteiger partial charge in [0.05, 0.1) is 0 Å². The molecule has 0 atom stereocenters. The molecule has 0 saturated carbocycles. The van der Waals surface area contributed by atoms with E-state index in [2.05, 4.69) is 4.98 Å². The molecule has 23 heavy (non-hydrogen) atoms. The summed E-state index contributed by atoms with van der Waals surface area (Å²) in [5.74, 6) is 0.314. The molecule has 0 radical (unpaired) electrons. The van der Waals surface area contributed by atoms with Crippen LogP contribution in [0.2, 0.25) is 0 Å². The van der Waals surface area contributed by atoms with Crippen molar-refractivity contribution in [1.82, 2.24) is 9.29 Å². The van der Waals surface area contributed by atoms with Crippen molar-refractivity contribution < 1.29 is 13.2 Å². The molecule has 120 valence electrons. The second kappa shape index (κ2) is 6.66. The lowest BCUT2D eigenvalue weighted by atomic mass is 10.1. The van der Waals surface area contributed by atoms with Crippen molar-refractivity contribution in [2.45, 2.75) is 23.2 Å². The summed E-state index contributed by atoms with van der Waals surface area (Å²) in [4.78, 5) is 4.08. The molecular formula is C15H15N3O3S2. The van der Waals surface area contributed by atoms with Crippen molar-refractivity contribution in [3.8, 4) is 11.9 Å². The average Bonchev–Trinajstić information content (AvgIpc) is 3.11. The lowest BCUT2D eigenvalue weighted by Crippen LogP contribution is -2.41. The van der Waals surface area contributed by atoms with E-state index in [0.717, 1.165) is 0 Å². The third kappa shape index (κ3) is 3.37. The molecule has 2 aromatic rings. The lowest BCUT2D eigenvalue weighted by molar-refractivity contribution is 0.129. The Morgan fingerprint density at radius 1 is 1.30 bits per heavy atom. The zero-order valence-corrected chi connectivity index (χ0v) is 13.9. The molecule has 1 aliphatic rings. The fourth-order valence-corrected chi connectivity index (χ4v) is 5.07. The van der Waals surface area contributed by atoms with Crippen LogP contribution in [0, 0.1) is 11.3 Å². The highest BCUT2D eigenvalue weighted by molar-refractivity contribution is 7.91. The van der Waals surface area contributed by atoms with Gasteiger partial charge in [-0.15, -0.1) is 11.3 Å². The molecule has 1 fully saturated rings. The van der Waals surface area contributed by atoms with Crippen LogP contribution in [0.5, 0.6) is 5.88 Å². The van der Waals surface area contributed by atoms with E-state index in [4.69, 9.17) is 10.00 Å². The predicted octanol–water partition coefficient (Wildman–Crippen LogP) is 2.25. The molecule has 3 rings (SSSR count). The summed E-state index contributed by atoms with van der Waals surface area (Å²) in [6.45, 7) is 0.805. The second-order valence-electron chi connectivity index (χ2n) is 5.12. The van der Waals surface area contributed by atoms with Crippen LogP contribution in [-0.4, -0.2) is 36.9 Å². The Morgan fingerprint density at radius 2 is 2.09 bits per heavy atom. The first kappa shape index (κ1) is 15.9.